The number of carbonyl (C=O) groups is 1. The molecule has 1 aromatic rings. The summed E-state index contributed by atoms with van der Waals surface area (Å²) in [5.74, 6) is -0.172. The normalized spacial score (nSPS) is 23.4. The summed E-state index contributed by atoms with van der Waals surface area (Å²) in [4.78, 5) is 11.4. The minimum atomic E-state index is -4.31. The predicted octanol–water partition coefficient (Wildman–Crippen LogP) is 2.71. The Morgan fingerprint density at radius 1 is 1.25 bits per heavy atom. The van der Waals surface area contributed by atoms with Gasteiger partial charge >= 0.3 is 12.1 Å². The molecule has 0 bridgehead atoms. The first-order valence-electron chi connectivity index (χ1n) is 6.40. The number of carbonyl (C=O) groups excluding carboxylic acids is 1. The molecule has 6 heteroatoms. The molecule has 1 saturated heterocycles. The molecular weight excluding hydrogens is 271 g/mol. The van der Waals surface area contributed by atoms with Crippen LogP contribution < -0.4 is 5.32 Å². The van der Waals surface area contributed by atoms with Gasteiger partial charge < -0.3 is 10.1 Å². The summed E-state index contributed by atoms with van der Waals surface area (Å²) in [5.41, 5.74) is 0.214. The van der Waals surface area contributed by atoms with Gasteiger partial charge in [-0.05, 0) is 36.5 Å². The molecule has 1 aliphatic heterocycles. The molecule has 0 saturated carbocycles. The third-order valence-corrected chi connectivity index (χ3v) is 3.61. The van der Waals surface area contributed by atoms with Crippen LogP contribution in [-0.4, -0.2) is 25.7 Å². The molecule has 1 fully saturated rings. The molecule has 1 heterocycles. The molecule has 1 N–H and O–H groups in total. The number of methoxy groups -OCH3 is 1. The Bertz CT molecular complexity index is 462. The van der Waals surface area contributed by atoms with Gasteiger partial charge in [-0.3, -0.25) is 4.79 Å². The third kappa shape index (κ3) is 3.30. The third-order valence-electron chi connectivity index (χ3n) is 3.61. The lowest BCUT2D eigenvalue weighted by atomic mass is 9.88. The molecule has 2 rings (SSSR count). The van der Waals surface area contributed by atoms with Crippen LogP contribution in [0.25, 0.3) is 0 Å². The standard InChI is InChI=1S/C14H16F3NO2/c1-20-13(19)12-7-4-10(8-18-12)9-2-5-11(6-3-9)14(15,16)17/h2-3,5-6,10,12,18H,4,7-8H2,1H3/t10-,12-/m0/s1. The monoisotopic (exact) mass is 287 g/mol. The van der Waals surface area contributed by atoms with Gasteiger partial charge in [0.1, 0.15) is 6.04 Å². The smallest absolute Gasteiger partial charge is 0.416 e. The Kier molecular flexibility index (Phi) is 4.32. The quantitative estimate of drug-likeness (QED) is 0.850. The van der Waals surface area contributed by atoms with Crippen molar-refractivity contribution < 1.29 is 22.7 Å². The Morgan fingerprint density at radius 2 is 1.90 bits per heavy atom. The largest absolute Gasteiger partial charge is 0.468 e. The van der Waals surface area contributed by atoms with E-state index in [9.17, 15) is 18.0 Å². The number of hydrogen-bond acceptors (Lipinski definition) is 3. The molecule has 110 valence electrons. The molecule has 0 unspecified atom stereocenters. The Morgan fingerprint density at radius 3 is 2.35 bits per heavy atom. The summed E-state index contributed by atoms with van der Waals surface area (Å²) in [6.07, 6.45) is -2.93. The van der Waals surface area contributed by atoms with Gasteiger partial charge in [0, 0.05) is 6.54 Å². The zero-order chi connectivity index (χ0) is 14.8. The average Bonchev–Trinajstić information content (AvgIpc) is 2.46. The van der Waals surface area contributed by atoms with Crippen molar-refractivity contribution in [1.82, 2.24) is 5.32 Å². The molecule has 1 aliphatic rings. The number of ether oxygens (including phenoxy) is 1. The second kappa shape index (κ2) is 5.83. The summed E-state index contributed by atoms with van der Waals surface area (Å²) in [5, 5.41) is 3.07. The van der Waals surface area contributed by atoms with Gasteiger partial charge in [0.05, 0.1) is 12.7 Å². The van der Waals surface area contributed by atoms with Gasteiger partial charge in [0.15, 0.2) is 0 Å². The number of halogens is 3. The van der Waals surface area contributed by atoms with Crippen molar-refractivity contribution in [3.8, 4) is 0 Å². The molecule has 0 aromatic heterocycles. The minimum absolute atomic E-state index is 0.123. The number of hydrogen-bond donors (Lipinski definition) is 1. The van der Waals surface area contributed by atoms with Gasteiger partial charge in [-0.2, -0.15) is 13.2 Å². The number of alkyl halides is 3. The summed E-state index contributed by atoms with van der Waals surface area (Å²) >= 11 is 0. The lowest BCUT2D eigenvalue weighted by Crippen LogP contribution is -2.43. The number of esters is 1. The van der Waals surface area contributed by atoms with Crippen molar-refractivity contribution in [1.29, 1.82) is 0 Å². The topological polar surface area (TPSA) is 38.3 Å². The van der Waals surface area contributed by atoms with Gasteiger partial charge in [0.2, 0.25) is 0 Å². The van der Waals surface area contributed by atoms with Crippen molar-refractivity contribution >= 4 is 5.97 Å². The average molecular weight is 287 g/mol. The molecule has 0 aliphatic carbocycles. The highest BCUT2D eigenvalue weighted by molar-refractivity contribution is 5.75. The molecule has 1 aromatic carbocycles. The van der Waals surface area contributed by atoms with Crippen LogP contribution in [0, 0.1) is 0 Å². The number of benzene rings is 1. The van der Waals surface area contributed by atoms with Crippen LogP contribution in [0.15, 0.2) is 24.3 Å². The van der Waals surface area contributed by atoms with Crippen molar-refractivity contribution in [3.63, 3.8) is 0 Å². The van der Waals surface area contributed by atoms with E-state index in [2.05, 4.69) is 10.1 Å². The number of rotatable bonds is 2. The lowest BCUT2D eigenvalue weighted by molar-refractivity contribution is -0.143. The predicted molar refractivity (Wildman–Crippen MR) is 67.2 cm³/mol. The Labute approximate surface area is 115 Å². The molecule has 0 spiro atoms. The summed E-state index contributed by atoms with van der Waals surface area (Å²) in [6, 6.07) is 4.90. The minimum Gasteiger partial charge on any atom is -0.468 e. The van der Waals surface area contributed by atoms with Crippen molar-refractivity contribution in [2.75, 3.05) is 13.7 Å². The Balaban J connectivity index is 1.99. The van der Waals surface area contributed by atoms with Crippen molar-refractivity contribution in [3.05, 3.63) is 35.4 Å². The highest BCUT2D eigenvalue weighted by Gasteiger charge is 2.31. The van der Waals surface area contributed by atoms with E-state index in [1.807, 2.05) is 0 Å². The van der Waals surface area contributed by atoms with Gasteiger partial charge in [-0.15, -0.1) is 0 Å². The summed E-state index contributed by atoms with van der Waals surface area (Å²) in [6.45, 7) is 0.561. The lowest BCUT2D eigenvalue weighted by Gasteiger charge is -2.28. The van der Waals surface area contributed by atoms with E-state index in [0.29, 0.717) is 13.0 Å². The summed E-state index contributed by atoms with van der Waals surface area (Å²) < 4.78 is 42.1. The van der Waals surface area contributed by atoms with Crippen LogP contribution in [0.5, 0.6) is 0 Å². The molecule has 3 nitrogen and oxygen atoms in total. The second-order valence-corrected chi connectivity index (χ2v) is 4.88. The Hall–Kier alpha value is -1.56. The van der Waals surface area contributed by atoms with Gasteiger partial charge in [-0.25, -0.2) is 0 Å². The molecular formula is C14H16F3NO2. The van der Waals surface area contributed by atoms with Crippen molar-refractivity contribution in [2.24, 2.45) is 0 Å². The highest BCUT2D eigenvalue weighted by atomic mass is 19.4. The van der Waals surface area contributed by atoms with E-state index in [1.165, 1.54) is 19.2 Å². The molecule has 0 radical (unpaired) electrons. The van der Waals surface area contributed by atoms with Crippen LogP contribution in [0.3, 0.4) is 0 Å². The van der Waals surface area contributed by atoms with Gasteiger partial charge in [-0.1, -0.05) is 12.1 Å². The first-order valence-corrected chi connectivity index (χ1v) is 6.40. The van der Waals surface area contributed by atoms with E-state index >= 15 is 0 Å². The van der Waals surface area contributed by atoms with E-state index in [4.69, 9.17) is 0 Å². The van der Waals surface area contributed by atoms with E-state index in [0.717, 1.165) is 24.1 Å². The maximum Gasteiger partial charge on any atom is 0.416 e. The van der Waals surface area contributed by atoms with Crippen LogP contribution in [0.4, 0.5) is 13.2 Å². The molecule has 2 atom stereocenters. The SMILES string of the molecule is COC(=O)[C@@H]1CC[C@H](c2ccc(C(F)(F)F)cc2)CN1. The first-order chi connectivity index (χ1) is 9.41. The van der Waals surface area contributed by atoms with Crippen LogP contribution in [-0.2, 0) is 15.7 Å². The van der Waals surface area contributed by atoms with Gasteiger partial charge in [0.25, 0.3) is 0 Å². The maximum absolute atomic E-state index is 12.5. The van der Waals surface area contributed by atoms with Crippen LogP contribution in [0.2, 0.25) is 0 Å². The highest BCUT2D eigenvalue weighted by Crippen LogP contribution is 2.31. The van der Waals surface area contributed by atoms with E-state index in [1.54, 1.807) is 0 Å². The molecule has 20 heavy (non-hydrogen) atoms. The fraction of sp³-hybridized carbons (Fsp3) is 0.500. The van der Waals surface area contributed by atoms with E-state index < -0.39 is 11.7 Å². The zero-order valence-corrected chi connectivity index (χ0v) is 11.0. The zero-order valence-electron chi connectivity index (χ0n) is 11.0. The number of piperidine rings is 1. The van der Waals surface area contributed by atoms with Crippen LogP contribution in [0.1, 0.15) is 29.9 Å². The number of nitrogens with one attached hydrogen (secondary N) is 1. The maximum atomic E-state index is 12.5. The fourth-order valence-corrected chi connectivity index (χ4v) is 2.43. The summed E-state index contributed by atoms with van der Waals surface area (Å²) in [7, 11) is 1.34. The fourth-order valence-electron chi connectivity index (χ4n) is 2.43. The van der Waals surface area contributed by atoms with Crippen LogP contribution >= 0.6 is 0 Å². The molecule has 0 amide bonds. The van der Waals surface area contributed by atoms with Crippen molar-refractivity contribution in [2.45, 2.75) is 31.0 Å². The first kappa shape index (κ1) is 14.8. The van der Waals surface area contributed by atoms with E-state index in [-0.39, 0.29) is 17.9 Å². The second-order valence-electron chi connectivity index (χ2n) is 4.88.